The highest BCUT2D eigenvalue weighted by Gasteiger charge is 2.16. The lowest BCUT2D eigenvalue weighted by Crippen LogP contribution is -2.41. The molecule has 3 N–H and O–H groups in total. The number of rotatable bonds is 6. The molecule has 0 saturated carbocycles. The van der Waals surface area contributed by atoms with Crippen LogP contribution in [0.2, 0.25) is 0 Å². The summed E-state index contributed by atoms with van der Waals surface area (Å²) in [6.45, 7) is 1.98. The number of aryl methyl sites for hydroxylation is 1. The highest BCUT2D eigenvalue weighted by molar-refractivity contribution is 7.07. The van der Waals surface area contributed by atoms with Gasteiger partial charge in [0.05, 0.1) is 12.1 Å². The van der Waals surface area contributed by atoms with Crippen molar-refractivity contribution in [3.8, 4) is 0 Å². The lowest BCUT2D eigenvalue weighted by molar-refractivity contribution is -0.123. The molecule has 0 saturated heterocycles. The van der Waals surface area contributed by atoms with Gasteiger partial charge < -0.3 is 11.1 Å². The predicted octanol–water partition coefficient (Wildman–Crippen LogP) is 2.89. The van der Waals surface area contributed by atoms with E-state index in [1.54, 1.807) is 11.3 Å². The monoisotopic (exact) mass is 288 g/mol. The summed E-state index contributed by atoms with van der Waals surface area (Å²) in [4.78, 5) is 12.0. The normalized spacial score (nSPS) is 13.7. The fourth-order valence-electron chi connectivity index (χ4n) is 2.02. The van der Waals surface area contributed by atoms with Crippen LogP contribution in [-0.4, -0.2) is 11.9 Å². The number of carbonyl (C=O) groups excluding carboxylic acids is 1. The third-order valence-corrected chi connectivity index (χ3v) is 4.03. The summed E-state index contributed by atoms with van der Waals surface area (Å²) in [5.41, 5.74) is 8.29. The van der Waals surface area contributed by atoms with Crippen LogP contribution in [0.4, 0.5) is 0 Å². The van der Waals surface area contributed by atoms with Gasteiger partial charge in [0.2, 0.25) is 5.91 Å². The molecular weight excluding hydrogens is 268 g/mol. The Bertz CT molecular complexity index is 525. The van der Waals surface area contributed by atoms with Crippen LogP contribution in [0.5, 0.6) is 0 Å². The maximum atomic E-state index is 12.0. The third kappa shape index (κ3) is 4.18. The molecule has 20 heavy (non-hydrogen) atoms. The van der Waals surface area contributed by atoms with Crippen LogP contribution in [0.25, 0.3) is 0 Å². The van der Waals surface area contributed by atoms with Gasteiger partial charge in [-0.3, -0.25) is 4.79 Å². The molecule has 3 nitrogen and oxygen atoms in total. The molecule has 0 aliphatic rings. The highest BCUT2D eigenvalue weighted by Crippen LogP contribution is 2.15. The zero-order valence-electron chi connectivity index (χ0n) is 11.6. The number of benzene rings is 1. The van der Waals surface area contributed by atoms with Crippen LogP contribution in [0.3, 0.4) is 0 Å². The van der Waals surface area contributed by atoms with E-state index in [0.29, 0.717) is 6.42 Å². The Labute approximate surface area is 123 Å². The van der Waals surface area contributed by atoms with Crippen molar-refractivity contribution >= 4 is 17.2 Å². The van der Waals surface area contributed by atoms with Gasteiger partial charge in [-0.1, -0.05) is 30.3 Å². The van der Waals surface area contributed by atoms with E-state index in [9.17, 15) is 4.79 Å². The quantitative estimate of drug-likeness (QED) is 0.858. The molecule has 2 atom stereocenters. The van der Waals surface area contributed by atoms with Crippen molar-refractivity contribution in [2.45, 2.75) is 31.8 Å². The minimum absolute atomic E-state index is 0.0107. The minimum Gasteiger partial charge on any atom is -0.348 e. The number of nitrogens with two attached hydrogens (primary N) is 1. The van der Waals surface area contributed by atoms with Crippen molar-refractivity contribution in [1.82, 2.24) is 5.32 Å². The van der Waals surface area contributed by atoms with Crippen LogP contribution >= 0.6 is 11.3 Å². The van der Waals surface area contributed by atoms with E-state index in [1.807, 2.05) is 41.9 Å². The Morgan fingerprint density at radius 3 is 2.70 bits per heavy atom. The molecule has 0 fully saturated rings. The van der Waals surface area contributed by atoms with E-state index >= 15 is 0 Å². The topological polar surface area (TPSA) is 55.1 Å². The number of carbonyl (C=O) groups is 1. The average Bonchev–Trinajstić information content (AvgIpc) is 3.00. The first-order valence-electron chi connectivity index (χ1n) is 6.79. The van der Waals surface area contributed by atoms with Crippen molar-refractivity contribution in [2.75, 3.05) is 0 Å². The van der Waals surface area contributed by atoms with E-state index in [2.05, 4.69) is 17.4 Å². The molecule has 1 aromatic heterocycles. The van der Waals surface area contributed by atoms with Gasteiger partial charge in [0.25, 0.3) is 0 Å². The highest BCUT2D eigenvalue weighted by atomic mass is 32.1. The van der Waals surface area contributed by atoms with Crippen molar-refractivity contribution in [1.29, 1.82) is 0 Å². The molecule has 0 aliphatic heterocycles. The van der Waals surface area contributed by atoms with E-state index in [4.69, 9.17) is 5.73 Å². The molecule has 2 unspecified atom stereocenters. The zero-order chi connectivity index (χ0) is 14.4. The molecule has 4 heteroatoms. The standard InChI is InChI=1S/C16H20N2OS/c1-12(14-9-10-20-11-14)18-16(19)15(17)8-7-13-5-3-2-4-6-13/h2-6,9-12,15H,7-8,17H2,1H3,(H,18,19). The van der Waals surface area contributed by atoms with E-state index in [0.717, 1.165) is 12.0 Å². The van der Waals surface area contributed by atoms with Gasteiger partial charge in [0.1, 0.15) is 0 Å². The molecule has 0 radical (unpaired) electrons. The summed E-state index contributed by atoms with van der Waals surface area (Å²) in [6.07, 6.45) is 1.48. The average molecular weight is 288 g/mol. The van der Waals surface area contributed by atoms with Gasteiger partial charge in [-0.05, 0) is 47.7 Å². The summed E-state index contributed by atoms with van der Waals surface area (Å²) >= 11 is 1.63. The fraction of sp³-hybridized carbons (Fsp3) is 0.312. The van der Waals surface area contributed by atoms with Crippen LogP contribution < -0.4 is 11.1 Å². The number of amides is 1. The molecule has 106 valence electrons. The summed E-state index contributed by atoms with van der Waals surface area (Å²) < 4.78 is 0. The van der Waals surface area contributed by atoms with Crippen molar-refractivity contribution in [3.63, 3.8) is 0 Å². The second-order valence-electron chi connectivity index (χ2n) is 4.92. The predicted molar refractivity (Wildman–Crippen MR) is 83.6 cm³/mol. The fourth-order valence-corrected chi connectivity index (χ4v) is 2.78. The third-order valence-electron chi connectivity index (χ3n) is 3.33. The number of hydrogen-bond acceptors (Lipinski definition) is 3. The SMILES string of the molecule is CC(NC(=O)C(N)CCc1ccccc1)c1ccsc1. The Morgan fingerprint density at radius 2 is 2.05 bits per heavy atom. The van der Waals surface area contributed by atoms with Gasteiger partial charge in [0.15, 0.2) is 0 Å². The lowest BCUT2D eigenvalue weighted by Gasteiger charge is -2.17. The van der Waals surface area contributed by atoms with Crippen LogP contribution in [0, 0.1) is 0 Å². The molecule has 1 heterocycles. The molecule has 0 aliphatic carbocycles. The molecule has 1 aromatic carbocycles. The molecule has 2 rings (SSSR count). The Hall–Kier alpha value is -1.65. The summed E-state index contributed by atoms with van der Waals surface area (Å²) in [6, 6.07) is 11.7. The summed E-state index contributed by atoms with van der Waals surface area (Å²) in [5, 5.41) is 7.01. The first-order chi connectivity index (χ1) is 9.66. The van der Waals surface area contributed by atoms with Gasteiger partial charge in [-0.2, -0.15) is 11.3 Å². The number of thiophene rings is 1. The second kappa shape index (κ2) is 7.22. The summed E-state index contributed by atoms with van der Waals surface area (Å²) in [5.74, 6) is -0.0837. The van der Waals surface area contributed by atoms with Crippen molar-refractivity contribution in [3.05, 3.63) is 58.3 Å². The summed E-state index contributed by atoms with van der Waals surface area (Å²) in [7, 11) is 0. The largest absolute Gasteiger partial charge is 0.348 e. The molecule has 0 bridgehead atoms. The molecular formula is C16H20N2OS. The maximum Gasteiger partial charge on any atom is 0.237 e. The molecule has 1 amide bonds. The second-order valence-corrected chi connectivity index (χ2v) is 5.70. The Kier molecular flexibility index (Phi) is 5.32. The molecule has 0 spiro atoms. The van der Waals surface area contributed by atoms with Gasteiger partial charge in [-0.15, -0.1) is 0 Å². The van der Waals surface area contributed by atoms with Crippen LogP contribution in [0.1, 0.15) is 30.5 Å². The van der Waals surface area contributed by atoms with Gasteiger partial charge in [-0.25, -0.2) is 0 Å². The first-order valence-corrected chi connectivity index (χ1v) is 7.73. The Balaban J connectivity index is 1.80. The van der Waals surface area contributed by atoms with E-state index in [1.165, 1.54) is 5.56 Å². The van der Waals surface area contributed by atoms with Crippen molar-refractivity contribution in [2.24, 2.45) is 5.73 Å². The zero-order valence-corrected chi connectivity index (χ0v) is 12.4. The minimum atomic E-state index is -0.462. The van der Waals surface area contributed by atoms with Crippen LogP contribution in [0.15, 0.2) is 47.2 Å². The number of nitrogens with one attached hydrogen (secondary N) is 1. The van der Waals surface area contributed by atoms with Gasteiger partial charge in [0, 0.05) is 0 Å². The first kappa shape index (κ1) is 14.8. The smallest absolute Gasteiger partial charge is 0.237 e. The number of hydrogen-bond donors (Lipinski definition) is 2. The van der Waals surface area contributed by atoms with E-state index in [-0.39, 0.29) is 11.9 Å². The van der Waals surface area contributed by atoms with Crippen LogP contribution in [-0.2, 0) is 11.2 Å². The van der Waals surface area contributed by atoms with Gasteiger partial charge >= 0.3 is 0 Å². The maximum absolute atomic E-state index is 12.0. The van der Waals surface area contributed by atoms with E-state index < -0.39 is 6.04 Å². The van der Waals surface area contributed by atoms with Crippen molar-refractivity contribution < 1.29 is 4.79 Å². The molecule has 2 aromatic rings. The Morgan fingerprint density at radius 1 is 1.30 bits per heavy atom. The lowest BCUT2D eigenvalue weighted by atomic mass is 10.0.